The van der Waals surface area contributed by atoms with Gasteiger partial charge in [-0.1, -0.05) is 194 Å². The van der Waals surface area contributed by atoms with Crippen molar-refractivity contribution in [3.63, 3.8) is 0 Å². The highest BCUT2D eigenvalue weighted by atomic mass is 15.1. The minimum atomic E-state index is 0.152. The van der Waals surface area contributed by atoms with Crippen LogP contribution in [-0.2, 0) is 0 Å². The average Bonchev–Trinajstić information content (AvgIpc) is 3.86. The SMILES string of the molecule is N=C(/N=C(\N=C\n1c2ccccc2c2c1ccc1c3ccccc3n(-c3ccccc3-c3ccccc3-c3cccc(-c4ccccc4)c3)c12)c1ccccc1)c1ccccc1. The third kappa shape index (κ3) is 6.40. The van der Waals surface area contributed by atoms with Crippen molar-refractivity contribution in [2.75, 3.05) is 0 Å². The van der Waals surface area contributed by atoms with Gasteiger partial charge >= 0.3 is 0 Å². The van der Waals surface area contributed by atoms with Gasteiger partial charge in [0.1, 0.15) is 6.34 Å². The van der Waals surface area contributed by atoms with E-state index in [0.717, 1.165) is 60.8 Å². The lowest BCUT2D eigenvalue weighted by molar-refractivity contribution is 1.19. The highest BCUT2D eigenvalue weighted by Gasteiger charge is 2.22. The van der Waals surface area contributed by atoms with Crippen LogP contribution in [0.2, 0.25) is 0 Å². The molecule has 5 heteroatoms. The molecule has 0 fully saturated rings. The van der Waals surface area contributed by atoms with Gasteiger partial charge in [-0.05, 0) is 58.1 Å². The van der Waals surface area contributed by atoms with Crippen LogP contribution in [0.1, 0.15) is 11.1 Å². The third-order valence-corrected chi connectivity index (χ3v) is 11.7. The minimum Gasteiger partial charge on any atom is -0.308 e. The van der Waals surface area contributed by atoms with Crippen LogP contribution < -0.4 is 0 Å². The molecule has 0 radical (unpaired) electrons. The maximum absolute atomic E-state index is 8.89. The maximum atomic E-state index is 8.89. The molecular formula is C57H39N5. The molecule has 2 aromatic heterocycles. The number of benzene rings is 9. The average molecular weight is 794 g/mol. The minimum absolute atomic E-state index is 0.152. The normalized spacial score (nSPS) is 12.0. The third-order valence-electron chi connectivity index (χ3n) is 11.7. The summed E-state index contributed by atoms with van der Waals surface area (Å²) in [5, 5.41) is 13.5. The van der Waals surface area contributed by atoms with Gasteiger partial charge in [0.2, 0.25) is 0 Å². The van der Waals surface area contributed by atoms with Crippen LogP contribution in [0.3, 0.4) is 0 Å². The number of para-hydroxylation sites is 3. The van der Waals surface area contributed by atoms with E-state index in [1.165, 1.54) is 33.0 Å². The Balaban J connectivity index is 1.13. The van der Waals surface area contributed by atoms with E-state index in [1.54, 1.807) is 0 Å². The van der Waals surface area contributed by atoms with Crippen molar-refractivity contribution >= 4 is 61.6 Å². The summed E-state index contributed by atoms with van der Waals surface area (Å²) in [6, 6.07) is 78.2. The Morgan fingerprint density at radius 1 is 0.419 bits per heavy atom. The topological polar surface area (TPSA) is 58.4 Å². The maximum Gasteiger partial charge on any atom is 0.163 e. The molecular weight excluding hydrogens is 755 g/mol. The number of hydrogen-bond donors (Lipinski definition) is 1. The standard InChI is InChI=1S/C57H39N5/c58-56(40-21-6-2-7-22-40)60-57(41-23-8-3-9-24-41)59-38-61-50-32-15-14-31-49(50)54-53(61)36-35-48-47-30-13-17-34-52(47)62(55(48)54)51-33-16-12-29-46(51)45-28-11-10-27-44(45)43-26-18-25-42(37-43)39-19-4-1-5-20-39/h1-38,58H/b58-56?,59-38+,60-57-. The van der Waals surface area contributed by atoms with Gasteiger partial charge in [0, 0.05) is 38.2 Å². The molecule has 5 nitrogen and oxygen atoms in total. The molecule has 0 spiro atoms. The highest BCUT2D eigenvalue weighted by molar-refractivity contribution is 6.27. The lowest BCUT2D eigenvalue weighted by atomic mass is 9.92. The largest absolute Gasteiger partial charge is 0.308 e. The monoisotopic (exact) mass is 793 g/mol. The van der Waals surface area contributed by atoms with Crippen LogP contribution in [0.4, 0.5) is 0 Å². The molecule has 0 amide bonds. The number of hydrogen-bond acceptors (Lipinski definition) is 1. The zero-order valence-corrected chi connectivity index (χ0v) is 33.7. The zero-order valence-electron chi connectivity index (χ0n) is 33.7. The van der Waals surface area contributed by atoms with Gasteiger partial charge in [0.05, 0.1) is 27.8 Å². The van der Waals surface area contributed by atoms with Gasteiger partial charge in [-0.25, -0.2) is 9.98 Å². The first-order chi connectivity index (χ1) is 30.7. The molecule has 1 N–H and O–H groups in total. The fourth-order valence-electron chi connectivity index (χ4n) is 8.91. The van der Waals surface area contributed by atoms with E-state index in [4.69, 9.17) is 15.4 Å². The predicted octanol–water partition coefficient (Wildman–Crippen LogP) is 14.2. The Labute approximate surface area is 359 Å². The van der Waals surface area contributed by atoms with Crippen LogP contribution >= 0.6 is 0 Å². The summed E-state index contributed by atoms with van der Waals surface area (Å²) in [7, 11) is 0. The Bertz CT molecular complexity index is 3520. The van der Waals surface area contributed by atoms with Gasteiger partial charge in [-0.15, -0.1) is 0 Å². The molecule has 292 valence electrons. The van der Waals surface area contributed by atoms with Gasteiger partial charge in [-0.3, -0.25) is 9.98 Å². The van der Waals surface area contributed by atoms with E-state index < -0.39 is 0 Å². The van der Waals surface area contributed by atoms with E-state index in [1.807, 2.05) is 67.0 Å². The Hall–Kier alpha value is -8.41. The first-order valence-corrected chi connectivity index (χ1v) is 20.8. The summed E-state index contributed by atoms with van der Waals surface area (Å²) in [6.45, 7) is 0. The number of nitrogens with one attached hydrogen (secondary N) is 1. The van der Waals surface area contributed by atoms with Crippen LogP contribution in [0.5, 0.6) is 0 Å². The van der Waals surface area contributed by atoms with Crippen molar-refractivity contribution < 1.29 is 0 Å². The first-order valence-electron chi connectivity index (χ1n) is 20.8. The molecule has 62 heavy (non-hydrogen) atoms. The number of nitrogens with zero attached hydrogens (tertiary/aromatic N) is 4. The van der Waals surface area contributed by atoms with Crippen molar-refractivity contribution in [2.24, 2.45) is 9.98 Å². The van der Waals surface area contributed by atoms with Crippen molar-refractivity contribution in [2.45, 2.75) is 0 Å². The lowest BCUT2D eigenvalue weighted by Gasteiger charge is -2.17. The molecule has 0 saturated carbocycles. The van der Waals surface area contributed by atoms with Crippen LogP contribution in [0, 0.1) is 5.41 Å². The van der Waals surface area contributed by atoms with Crippen molar-refractivity contribution in [1.29, 1.82) is 5.41 Å². The number of aliphatic imine (C=N–C) groups is 2. The van der Waals surface area contributed by atoms with E-state index in [9.17, 15) is 0 Å². The zero-order chi connectivity index (χ0) is 41.4. The van der Waals surface area contributed by atoms with Crippen LogP contribution in [0.15, 0.2) is 234 Å². The number of fused-ring (bicyclic) bond motifs is 7. The van der Waals surface area contributed by atoms with E-state index in [2.05, 4.69) is 173 Å². The highest BCUT2D eigenvalue weighted by Crippen LogP contribution is 2.44. The molecule has 0 aliphatic carbocycles. The van der Waals surface area contributed by atoms with Crippen molar-refractivity contribution in [1.82, 2.24) is 9.13 Å². The van der Waals surface area contributed by atoms with E-state index >= 15 is 0 Å². The van der Waals surface area contributed by atoms with E-state index in [0.29, 0.717) is 5.84 Å². The van der Waals surface area contributed by atoms with Crippen molar-refractivity contribution in [3.8, 4) is 39.1 Å². The molecule has 0 unspecified atom stereocenters. The molecule has 11 aromatic rings. The second kappa shape index (κ2) is 15.6. The Kier molecular flexibility index (Phi) is 9.25. The molecule has 0 bridgehead atoms. The first kappa shape index (κ1) is 36.7. The fourth-order valence-corrected chi connectivity index (χ4v) is 8.91. The molecule has 0 saturated heterocycles. The quantitative estimate of drug-likeness (QED) is 0.123. The summed E-state index contributed by atoms with van der Waals surface area (Å²) in [4.78, 5) is 9.84. The Morgan fingerprint density at radius 2 is 1.00 bits per heavy atom. The fraction of sp³-hybridized carbons (Fsp3) is 0. The van der Waals surface area contributed by atoms with Gasteiger partial charge in [0.15, 0.2) is 11.7 Å². The molecule has 9 aromatic carbocycles. The smallest absolute Gasteiger partial charge is 0.163 e. The Morgan fingerprint density at radius 3 is 1.77 bits per heavy atom. The molecule has 2 heterocycles. The predicted molar refractivity (Wildman–Crippen MR) is 260 cm³/mol. The summed E-state index contributed by atoms with van der Waals surface area (Å²) >= 11 is 0. The summed E-state index contributed by atoms with van der Waals surface area (Å²) < 4.78 is 4.63. The molecule has 11 rings (SSSR count). The summed E-state index contributed by atoms with van der Waals surface area (Å²) in [6.07, 6.45) is 1.86. The summed E-state index contributed by atoms with van der Waals surface area (Å²) in [5.41, 5.74) is 14.0. The van der Waals surface area contributed by atoms with Crippen LogP contribution in [-0.4, -0.2) is 27.1 Å². The number of rotatable bonds is 7. The molecule has 0 atom stereocenters. The van der Waals surface area contributed by atoms with Gasteiger partial charge < -0.3 is 4.57 Å². The van der Waals surface area contributed by atoms with Gasteiger partial charge in [-0.2, -0.15) is 0 Å². The number of amidine groups is 2. The molecule has 0 aliphatic rings. The second-order valence-electron chi connectivity index (χ2n) is 15.4. The summed E-state index contributed by atoms with van der Waals surface area (Å²) in [5.74, 6) is 0.613. The molecule has 0 aliphatic heterocycles. The van der Waals surface area contributed by atoms with Crippen molar-refractivity contribution in [3.05, 3.63) is 236 Å². The number of aromatic nitrogens is 2. The second-order valence-corrected chi connectivity index (χ2v) is 15.4. The van der Waals surface area contributed by atoms with E-state index in [-0.39, 0.29) is 5.84 Å². The lowest BCUT2D eigenvalue weighted by Crippen LogP contribution is -2.06. The van der Waals surface area contributed by atoms with Gasteiger partial charge in [0.25, 0.3) is 0 Å². The van der Waals surface area contributed by atoms with Crippen LogP contribution in [0.25, 0.3) is 82.7 Å².